The second-order valence-electron chi connectivity index (χ2n) is 30.9. The number of methoxy groups -OCH3 is 1. The Balaban J connectivity index is 0.000000127. The lowest BCUT2D eigenvalue weighted by atomic mass is 9.58. The quantitative estimate of drug-likeness (QED) is 0.145. The smallest absolute Gasteiger partial charge is 0.226 e. The van der Waals surface area contributed by atoms with E-state index in [1.807, 2.05) is 142 Å². The molecule has 8 aromatic rings. The molecule has 0 radical (unpaired) electrons. The number of Topliss-reactive ketones (excluding diaryl/α,β-unsaturated/α-hetero) is 4. The maximum absolute atomic E-state index is 12.6. The number of fused-ring (bicyclic) bond motifs is 12. The fourth-order valence-corrected chi connectivity index (χ4v) is 18.8. The van der Waals surface area contributed by atoms with Gasteiger partial charge in [0.1, 0.15) is 0 Å². The molecule has 0 aromatic carbocycles. The predicted molar refractivity (Wildman–Crippen MR) is 408 cm³/mol. The summed E-state index contributed by atoms with van der Waals surface area (Å²) in [6.07, 6.45) is 25.0. The standard InChI is InChI=1S/C22H22N4O2.2C22H22N4O.C21H20N4O/c1-12-16-7-6-15-13(2)25-21(14-8-9-24-18(10-14)28-5)26-20(15)22(16,3)11-17(23-4)19(12)27;1-12-11-24-9-8-15(12)21-25-14(3)16-6-7-17-13(2)19(27)18(23-5)10-22(17,4)20(16)26-21;1-12-10-15(8-9-24-12)21-25-14(3)16-6-7-17-13(2)19(27)18(23-5)11-22(17,4)20(16)26-21;1-12-16-6-5-15-13(2)24-20(14-7-9-23-10-8-14)25-19(15)21(16,3)11-17(22-4)18(12)26/h8-12,16H,6-7H2,1-3,5H3;2*8-11,13,17H,6-7H2,1-4H3;7-12,16H,5-6H2,1-3H3/t12-,16-,22-;2*13-,17-,22-;12-,16-,21-/m1111/s1. The van der Waals surface area contributed by atoms with Crippen LogP contribution in [0.5, 0.6) is 5.88 Å². The molecule has 8 aliphatic carbocycles. The molecule has 0 saturated carbocycles. The van der Waals surface area contributed by atoms with Crippen molar-refractivity contribution in [1.29, 1.82) is 0 Å². The molecular weight excluding hydrogens is 1350 g/mol. The van der Waals surface area contributed by atoms with Crippen molar-refractivity contribution < 1.29 is 23.9 Å². The van der Waals surface area contributed by atoms with Crippen LogP contribution in [0.15, 0.2) is 127 Å². The number of aromatic nitrogens is 12. The molecule has 8 heterocycles. The van der Waals surface area contributed by atoms with Crippen molar-refractivity contribution in [3.63, 3.8) is 0 Å². The van der Waals surface area contributed by atoms with E-state index in [1.54, 1.807) is 38.1 Å². The maximum Gasteiger partial charge on any atom is 0.226 e. The molecule has 12 atom stereocenters. The fraction of sp³-hybridized carbons (Fsp3) is 0.402. The van der Waals surface area contributed by atoms with Crippen molar-refractivity contribution >= 4 is 23.1 Å². The topological polar surface area (TPSA) is 250 Å². The van der Waals surface area contributed by atoms with Crippen LogP contribution in [-0.2, 0) is 66.5 Å². The summed E-state index contributed by atoms with van der Waals surface area (Å²) in [5.41, 5.74) is 17.1. The summed E-state index contributed by atoms with van der Waals surface area (Å²) in [6, 6.07) is 13.3. The van der Waals surface area contributed by atoms with Crippen LogP contribution in [0.1, 0.15) is 160 Å². The Bertz CT molecular complexity index is 5420. The summed E-state index contributed by atoms with van der Waals surface area (Å²) in [5.74, 6) is 2.92. The van der Waals surface area contributed by atoms with Gasteiger partial charge in [0.15, 0.2) is 46.4 Å². The highest BCUT2D eigenvalue weighted by atomic mass is 16.5. The number of pyridine rings is 4. The summed E-state index contributed by atoms with van der Waals surface area (Å²) in [4.78, 5) is 120. The van der Waals surface area contributed by atoms with Gasteiger partial charge in [0, 0.05) is 139 Å². The van der Waals surface area contributed by atoms with Crippen LogP contribution < -0.4 is 4.74 Å². The minimum Gasteiger partial charge on any atom is -0.481 e. The molecule has 8 aliphatic rings. The summed E-state index contributed by atoms with van der Waals surface area (Å²) >= 11 is 0. The molecule has 0 saturated heterocycles. The van der Waals surface area contributed by atoms with Gasteiger partial charge in [0.05, 0.1) is 56.2 Å². The Morgan fingerprint density at radius 3 is 1.06 bits per heavy atom. The van der Waals surface area contributed by atoms with Gasteiger partial charge in [-0.3, -0.25) is 15.0 Å². The highest BCUT2D eigenvalue weighted by Crippen LogP contribution is 2.55. The fourth-order valence-electron chi connectivity index (χ4n) is 18.8. The number of carbonyl (C=O) groups is 4. The number of allylic oxidation sites excluding steroid dienone is 8. The molecule has 0 N–H and O–H groups in total. The van der Waals surface area contributed by atoms with Gasteiger partial charge < -0.3 is 23.9 Å². The van der Waals surface area contributed by atoms with Crippen molar-refractivity contribution in [2.75, 3.05) is 7.11 Å². The van der Waals surface area contributed by atoms with Gasteiger partial charge in [0.25, 0.3) is 0 Å². The Kier molecular flexibility index (Phi) is 20.0. The zero-order valence-corrected chi connectivity index (χ0v) is 63.8. The minimum atomic E-state index is -0.458. The maximum atomic E-state index is 12.6. The zero-order chi connectivity index (χ0) is 77.2. The molecule has 0 bridgehead atoms. The van der Waals surface area contributed by atoms with Crippen molar-refractivity contribution in [1.82, 2.24) is 59.8 Å². The second-order valence-corrected chi connectivity index (χ2v) is 30.9. The van der Waals surface area contributed by atoms with E-state index in [2.05, 4.69) is 67.0 Å². The van der Waals surface area contributed by atoms with Crippen LogP contribution in [0.25, 0.3) is 64.9 Å². The third-order valence-corrected chi connectivity index (χ3v) is 24.7. The van der Waals surface area contributed by atoms with Gasteiger partial charge in [0.2, 0.25) is 28.7 Å². The van der Waals surface area contributed by atoms with E-state index in [1.165, 1.54) is 0 Å². The third kappa shape index (κ3) is 12.8. The number of hydrogen-bond acceptors (Lipinski definition) is 17. The molecule has 108 heavy (non-hydrogen) atoms. The zero-order valence-electron chi connectivity index (χ0n) is 63.8. The molecule has 544 valence electrons. The van der Waals surface area contributed by atoms with Crippen LogP contribution in [0.4, 0.5) is 0 Å². The number of ketones is 4. The Labute approximate surface area is 630 Å². The number of ether oxygens (including phenoxy) is 1. The predicted octanol–water partition coefficient (Wildman–Crippen LogP) is 15.4. The van der Waals surface area contributed by atoms with E-state index < -0.39 is 21.7 Å². The largest absolute Gasteiger partial charge is 0.481 e. The molecule has 21 nitrogen and oxygen atoms in total. The molecule has 8 aromatic heterocycles. The molecule has 0 spiro atoms. The highest BCUT2D eigenvalue weighted by Gasteiger charge is 2.54. The number of aryl methyl sites for hydroxylation is 6. The summed E-state index contributed by atoms with van der Waals surface area (Å²) in [5, 5.41) is 0. The highest BCUT2D eigenvalue weighted by molar-refractivity contribution is 6.02. The van der Waals surface area contributed by atoms with Crippen LogP contribution in [0.3, 0.4) is 0 Å². The molecule has 0 amide bonds. The van der Waals surface area contributed by atoms with E-state index >= 15 is 0 Å². The summed E-state index contributed by atoms with van der Waals surface area (Å²) in [6.45, 7) is 58.0. The first-order valence-electron chi connectivity index (χ1n) is 36.9. The van der Waals surface area contributed by atoms with Gasteiger partial charge in [-0.1, -0.05) is 79.7 Å². The summed E-state index contributed by atoms with van der Waals surface area (Å²) < 4.78 is 5.23. The van der Waals surface area contributed by atoms with Gasteiger partial charge >= 0.3 is 0 Å². The lowest BCUT2D eigenvalue weighted by Crippen LogP contribution is -2.46. The summed E-state index contributed by atoms with van der Waals surface area (Å²) in [7, 11) is 1.58. The molecular formula is C87H86N16O5. The van der Waals surface area contributed by atoms with Gasteiger partial charge in [-0.05, 0) is 181 Å². The third-order valence-electron chi connectivity index (χ3n) is 24.7. The van der Waals surface area contributed by atoms with Crippen LogP contribution in [-0.4, -0.2) is 90.1 Å². The molecule has 0 aliphatic heterocycles. The Morgan fingerprint density at radius 1 is 0.398 bits per heavy atom. The molecule has 0 fully saturated rings. The minimum absolute atomic E-state index is 0.0353. The van der Waals surface area contributed by atoms with Crippen LogP contribution in [0.2, 0.25) is 0 Å². The average Bonchev–Trinajstić information content (AvgIpc) is 0.744. The Hall–Kier alpha value is -11.7. The normalized spacial score (nSPS) is 26.6. The van der Waals surface area contributed by atoms with E-state index in [9.17, 15) is 19.2 Å². The second kappa shape index (κ2) is 28.9. The SMILES string of the molecule is [C-]#[N+]C1=C[C@@]2(C)c3nc(-c4ccnc(C)c4)nc(C)c3CC[C@@H]2[C@@H](C)C1=O.[C-]#[N+]C1=C[C@@]2(C)c3nc(-c4ccnc(OC)c4)nc(C)c3CC[C@@H]2[C@@H](C)C1=O.[C-]#[N+]C1=C[C@@]2(C)c3nc(-c4ccncc4)nc(C)c3CC[C@@H]2[C@@H](C)C1=O.[C-]#[N+]C1=C[C@@]2(C)c3nc(-c4ccncc4C)nc(C)c3CC[C@@H]2[C@@H](C)C1=O. The first kappa shape index (κ1) is 74.6. The van der Waals surface area contributed by atoms with Crippen molar-refractivity contribution in [2.45, 2.75) is 170 Å². The van der Waals surface area contributed by atoms with Crippen LogP contribution >= 0.6 is 0 Å². The van der Waals surface area contributed by atoms with Crippen LogP contribution in [0, 0.1) is 115 Å². The monoisotopic (exact) mass is 1430 g/mol. The first-order valence-corrected chi connectivity index (χ1v) is 36.9. The van der Waals surface area contributed by atoms with Crippen molar-refractivity contribution in [3.05, 3.63) is 251 Å². The van der Waals surface area contributed by atoms with Crippen molar-refractivity contribution in [2.24, 2.45) is 47.3 Å². The van der Waals surface area contributed by atoms with E-state index in [-0.39, 0.29) is 93.3 Å². The number of hydrogen-bond donors (Lipinski definition) is 0. The van der Waals surface area contributed by atoms with E-state index in [0.717, 1.165) is 153 Å². The number of nitrogens with zero attached hydrogens (tertiary/aromatic N) is 16. The van der Waals surface area contributed by atoms with Gasteiger partial charge in [-0.2, -0.15) is 0 Å². The first-order chi connectivity index (χ1) is 51.5. The molecule has 16 rings (SSSR count). The number of rotatable bonds is 5. The van der Waals surface area contributed by atoms with E-state index in [4.69, 9.17) is 70.9 Å². The number of carbonyl (C=O) groups excluding carboxylic acids is 4. The average molecular weight is 1440 g/mol. The molecule has 0 unspecified atom stereocenters. The Morgan fingerprint density at radius 2 is 0.713 bits per heavy atom. The van der Waals surface area contributed by atoms with Crippen molar-refractivity contribution in [3.8, 4) is 51.4 Å². The lowest BCUT2D eigenvalue weighted by Gasteiger charge is -2.46. The molecule has 21 heteroatoms. The van der Waals surface area contributed by atoms with Gasteiger partial charge in [-0.25, -0.2) is 64.2 Å². The van der Waals surface area contributed by atoms with Gasteiger partial charge in [-0.15, -0.1) is 0 Å². The lowest BCUT2D eigenvalue weighted by molar-refractivity contribution is -0.122. The van der Waals surface area contributed by atoms with E-state index in [0.29, 0.717) is 29.2 Å².